The minimum atomic E-state index is -0.258. The molecule has 0 aliphatic carbocycles. The molecule has 0 atom stereocenters. The van der Waals surface area contributed by atoms with Gasteiger partial charge in [0.25, 0.3) is 0 Å². The summed E-state index contributed by atoms with van der Waals surface area (Å²) < 4.78 is 5.45. The average Bonchev–Trinajstić information content (AvgIpc) is 3.17. The number of hydrogen-bond donors (Lipinski definition) is 2. The number of nitrogens with one attached hydrogen (secondary N) is 2. The van der Waals surface area contributed by atoms with Crippen molar-refractivity contribution in [2.75, 3.05) is 55.4 Å². The summed E-state index contributed by atoms with van der Waals surface area (Å²) in [5.74, 6) is 0. The van der Waals surface area contributed by atoms with E-state index in [1.807, 2.05) is 36.5 Å². The first kappa shape index (κ1) is 25.3. The number of carbonyl (C=O) groups is 1. The summed E-state index contributed by atoms with van der Waals surface area (Å²) in [7, 11) is 2.11. The highest BCUT2D eigenvalue weighted by molar-refractivity contribution is 6.09. The van der Waals surface area contributed by atoms with Crippen LogP contribution in [0, 0.1) is 0 Å². The number of nitrogens with zero attached hydrogens (tertiary/aromatic N) is 3. The fourth-order valence-corrected chi connectivity index (χ4v) is 5.86. The molecule has 0 spiro atoms. The third-order valence-corrected chi connectivity index (χ3v) is 7.82. The van der Waals surface area contributed by atoms with Gasteiger partial charge in [-0.05, 0) is 46.8 Å². The van der Waals surface area contributed by atoms with Crippen LogP contribution in [0.4, 0.5) is 21.9 Å². The fraction of sp³-hybridized carbons (Fsp3) is 0.312. The maximum absolute atomic E-state index is 13.1. The Labute approximate surface area is 229 Å². The normalized spacial score (nSPS) is 16.7. The zero-order chi connectivity index (χ0) is 27.0. The highest BCUT2D eigenvalue weighted by Crippen LogP contribution is 2.41. The lowest BCUT2D eigenvalue weighted by Gasteiger charge is -2.26. The molecule has 2 aliphatic heterocycles. The van der Waals surface area contributed by atoms with E-state index in [0.29, 0.717) is 0 Å². The molecule has 0 saturated carbocycles. The number of hydrogen-bond acceptors (Lipinski definition) is 5. The van der Waals surface area contributed by atoms with Gasteiger partial charge in [-0.15, -0.1) is 0 Å². The molecule has 1 saturated heterocycles. The van der Waals surface area contributed by atoms with Crippen molar-refractivity contribution in [2.45, 2.75) is 25.8 Å². The van der Waals surface area contributed by atoms with Crippen LogP contribution in [0.15, 0.2) is 72.9 Å². The summed E-state index contributed by atoms with van der Waals surface area (Å²) in [6, 6.07) is 22.3. The molecular weight excluding hydrogens is 486 g/mol. The molecule has 7 heteroatoms. The van der Waals surface area contributed by atoms with Crippen molar-refractivity contribution in [3.05, 3.63) is 84.2 Å². The lowest BCUT2D eigenvalue weighted by Crippen LogP contribution is -2.35. The molecule has 200 valence electrons. The van der Waals surface area contributed by atoms with Gasteiger partial charge >= 0.3 is 6.03 Å². The van der Waals surface area contributed by atoms with Gasteiger partial charge in [0.2, 0.25) is 0 Å². The minimum Gasteiger partial charge on any atom is -0.379 e. The van der Waals surface area contributed by atoms with E-state index in [0.717, 1.165) is 78.4 Å². The van der Waals surface area contributed by atoms with E-state index >= 15 is 0 Å². The standard InChI is InChI=1S/C32H35N5O2/c1-32(2)21-36(3)30-13-10-23(18-28(30)32)34-31(38)35-29-12-11-25(26-6-4-5-7-27(26)29)22-8-9-24(33-19-22)20-37-14-16-39-17-15-37/h4-13,18-19H,14-17,20-21H2,1-3H3,(H2,34,35,38). The Hall–Kier alpha value is -3.94. The Kier molecular flexibility index (Phi) is 6.71. The van der Waals surface area contributed by atoms with Crippen LogP contribution in [-0.2, 0) is 16.7 Å². The van der Waals surface area contributed by atoms with Gasteiger partial charge in [-0.3, -0.25) is 9.88 Å². The van der Waals surface area contributed by atoms with Gasteiger partial charge < -0.3 is 20.3 Å². The van der Waals surface area contributed by atoms with Gasteiger partial charge in [-0.2, -0.15) is 0 Å². The number of urea groups is 1. The molecule has 3 heterocycles. The Morgan fingerprint density at radius 3 is 2.54 bits per heavy atom. The molecule has 0 bridgehead atoms. The fourth-order valence-electron chi connectivity index (χ4n) is 5.86. The monoisotopic (exact) mass is 521 g/mol. The van der Waals surface area contributed by atoms with Crippen LogP contribution in [0.25, 0.3) is 21.9 Å². The van der Waals surface area contributed by atoms with Crippen molar-refractivity contribution in [2.24, 2.45) is 0 Å². The number of pyridine rings is 1. The largest absolute Gasteiger partial charge is 0.379 e. The third kappa shape index (κ3) is 5.20. The summed E-state index contributed by atoms with van der Waals surface area (Å²) in [5, 5.41) is 8.16. The van der Waals surface area contributed by atoms with Gasteiger partial charge in [0.15, 0.2) is 0 Å². The summed E-state index contributed by atoms with van der Waals surface area (Å²) in [6.45, 7) is 9.72. The van der Waals surface area contributed by atoms with Gasteiger partial charge in [-0.25, -0.2) is 4.79 Å². The van der Waals surface area contributed by atoms with Crippen LogP contribution in [0.3, 0.4) is 0 Å². The maximum atomic E-state index is 13.1. The van der Waals surface area contributed by atoms with E-state index in [9.17, 15) is 4.79 Å². The van der Waals surface area contributed by atoms with E-state index in [4.69, 9.17) is 9.72 Å². The van der Waals surface area contributed by atoms with Crippen LogP contribution in [0.2, 0.25) is 0 Å². The Balaban J connectivity index is 1.20. The number of ether oxygens (including phenoxy) is 1. The Morgan fingerprint density at radius 1 is 0.974 bits per heavy atom. The molecule has 3 aromatic carbocycles. The third-order valence-electron chi connectivity index (χ3n) is 7.82. The van der Waals surface area contributed by atoms with Gasteiger partial charge in [0.05, 0.1) is 24.6 Å². The lowest BCUT2D eigenvalue weighted by atomic mass is 9.87. The van der Waals surface area contributed by atoms with Crippen molar-refractivity contribution in [1.29, 1.82) is 0 Å². The van der Waals surface area contributed by atoms with Crippen molar-refractivity contribution >= 4 is 33.9 Å². The summed E-state index contributed by atoms with van der Waals surface area (Å²) in [5.41, 5.74) is 7.27. The molecule has 2 N–H and O–H groups in total. The predicted molar refractivity (Wildman–Crippen MR) is 159 cm³/mol. The number of amides is 2. The number of benzene rings is 3. The molecule has 2 aliphatic rings. The van der Waals surface area contributed by atoms with E-state index in [1.165, 1.54) is 11.3 Å². The van der Waals surface area contributed by atoms with Crippen LogP contribution in [0.1, 0.15) is 25.1 Å². The summed E-state index contributed by atoms with van der Waals surface area (Å²) in [4.78, 5) is 22.4. The van der Waals surface area contributed by atoms with Gasteiger partial charge in [-0.1, -0.05) is 50.2 Å². The number of likely N-dealkylation sites (N-methyl/N-ethyl adjacent to an activating group) is 1. The summed E-state index contributed by atoms with van der Waals surface area (Å²) in [6.07, 6.45) is 1.95. The molecule has 39 heavy (non-hydrogen) atoms. The van der Waals surface area contributed by atoms with Crippen LogP contribution in [-0.4, -0.2) is 55.8 Å². The lowest BCUT2D eigenvalue weighted by molar-refractivity contribution is 0.0336. The van der Waals surface area contributed by atoms with Crippen molar-refractivity contribution in [3.8, 4) is 11.1 Å². The van der Waals surface area contributed by atoms with Gasteiger partial charge in [0.1, 0.15) is 0 Å². The molecule has 0 radical (unpaired) electrons. The van der Waals surface area contributed by atoms with Crippen LogP contribution in [0.5, 0.6) is 0 Å². The molecular formula is C32H35N5O2. The number of morpholine rings is 1. The zero-order valence-corrected chi connectivity index (χ0v) is 22.8. The SMILES string of the molecule is CN1CC(C)(C)c2cc(NC(=O)Nc3ccc(-c4ccc(CN5CCOCC5)nc4)c4ccccc34)ccc21. The maximum Gasteiger partial charge on any atom is 0.323 e. The highest BCUT2D eigenvalue weighted by Gasteiger charge is 2.33. The first-order valence-corrected chi connectivity index (χ1v) is 13.6. The van der Waals surface area contributed by atoms with Crippen LogP contribution < -0.4 is 15.5 Å². The predicted octanol–water partition coefficient (Wildman–Crippen LogP) is 6.11. The Morgan fingerprint density at radius 2 is 1.77 bits per heavy atom. The molecule has 2 amide bonds. The molecule has 1 aromatic heterocycles. The second-order valence-corrected chi connectivity index (χ2v) is 11.2. The number of fused-ring (bicyclic) bond motifs is 2. The molecule has 1 fully saturated rings. The number of carbonyl (C=O) groups excluding carboxylic acids is 1. The minimum absolute atomic E-state index is 0.0415. The number of anilines is 3. The van der Waals surface area contributed by atoms with E-state index < -0.39 is 0 Å². The van der Waals surface area contributed by atoms with E-state index in [-0.39, 0.29) is 11.4 Å². The molecule has 6 rings (SSSR count). The van der Waals surface area contributed by atoms with E-state index in [2.05, 4.69) is 77.7 Å². The average molecular weight is 522 g/mol. The number of aromatic nitrogens is 1. The molecule has 4 aromatic rings. The summed E-state index contributed by atoms with van der Waals surface area (Å²) >= 11 is 0. The molecule has 7 nitrogen and oxygen atoms in total. The van der Waals surface area contributed by atoms with Crippen molar-refractivity contribution in [1.82, 2.24) is 9.88 Å². The number of rotatable bonds is 5. The van der Waals surface area contributed by atoms with E-state index in [1.54, 1.807) is 0 Å². The van der Waals surface area contributed by atoms with Crippen molar-refractivity contribution in [3.63, 3.8) is 0 Å². The zero-order valence-electron chi connectivity index (χ0n) is 22.8. The van der Waals surface area contributed by atoms with Crippen molar-refractivity contribution < 1.29 is 9.53 Å². The second-order valence-electron chi connectivity index (χ2n) is 11.2. The Bertz CT molecular complexity index is 1510. The van der Waals surface area contributed by atoms with Gasteiger partial charge in [0, 0.05) is 67.2 Å². The first-order chi connectivity index (χ1) is 18.9. The topological polar surface area (TPSA) is 69.7 Å². The van der Waals surface area contributed by atoms with Crippen LogP contribution >= 0.6 is 0 Å². The highest BCUT2D eigenvalue weighted by atomic mass is 16.5. The second kappa shape index (κ2) is 10.3. The quantitative estimate of drug-likeness (QED) is 0.332. The smallest absolute Gasteiger partial charge is 0.323 e. The first-order valence-electron chi connectivity index (χ1n) is 13.6. The molecule has 0 unspecified atom stereocenters.